The van der Waals surface area contributed by atoms with E-state index in [1.807, 2.05) is 30.3 Å². The summed E-state index contributed by atoms with van der Waals surface area (Å²) in [6, 6.07) is 10.6. The second-order valence-corrected chi connectivity index (χ2v) is 5.44. The predicted molar refractivity (Wildman–Crippen MR) is 70.8 cm³/mol. The van der Waals surface area contributed by atoms with E-state index in [0.717, 1.165) is 18.0 Å². The number of rotatable bonds is 4. The predicted octanol–water partition coefficient (Wildman–Crippen LogP) is 2.84. The van der Waals surface area contributed by atoms with Crippen molar-refractivity contribution in [2.45, 2.75) is 38.3 Å². The summed E-state index contributed by atoms with van der Waals surface area (Å²) in [7, 11) is 2.13. The summed E-state index contributed by atoms with van der Waals surface area (Å²) >= 11 is 0. The molecule has 1 aromatic rings. The van der Waals surface area contributed by atoms with E-state index in [1.165, 1.54) is 19.3 Å². The summed E-state index contributed by atoms with van der Waals surface area (Å²) in [4.78, 5) is 2.32. The lowest BCUT2D eigenvalue weighted by atomic mass is 10.1. The molecule has 2 rings (SSSR count). The van der Waals surface area contributed by atoms with Crippen molar-refractivity contribution < 1.29 is 5.11 Å². The number of benzene rings is 1. The van der Waals surface area contributed by atoms with Crippen molar-refractivity contribution in [1.29, 1.82) is 0 Å². The van der Waals surface area contributed by atoms with Crippen molar-refractivity contribution in [2.24, 2.45) is 5.92 Å². The Morgan fingerprint density at radius 2 is 2.00 bits per heavy atom. The van der Waals surface area contributed by atoms with E-state index in [9.17, 15) is 5.11 Å². The third kappa shape index (κ3) is 3.30. The van der Waals surface area contributed by atoms with Crippen molar-refractivity contribution in [3.63, 3.8) is 0 Å². The van der Waals surface area contributed by atoms with Crippen LogP contribution in [0.15, 0.2) is 30.3 Å². The summed E-state index contributed by atoms with van der Waals surface area (Å²) in [5.74, 6) is 0.844. The summed E-state index contributed by atoms with van der Waals surface area (Å²) in [5.41, 5.74) is 1.02. The molecule has 3 atom stereocenters. The molecule has 0 amide bonds. The minimum Gasteiger partial charge on any atom is -0.387 e. The van der Waals surface area contributed by atoms with Gasteiger partial charge >= 0.3 is 0 Å². The van der Waals surface area contributed by atoms with Crippen LogP contribution in [-0.2, 0) is 0 Å². The Kier molecular flexibility index (Phi) is 4.19. The molecule has 2 heteroatoms. The van der Waals surface area contributed by atoms with Gasteiger partial charge in [0.25, 0.3) is 0 Å². The van der Waals surface area contributed by atoms with Crippen molar-refractivity contribution >= 4 is 0 Å². The second-order valence-electron chi connectivity index (χ2n) is 5.44. The fourth-order valence-corrected chi connectivity index (χ4v) is 2.78. The molecule has 2 nitrogen and oxygen atoms in total. The lowest BCUT2D eigenvalue weighted by molar-refractivity contribution is 0.104. The molecule has 0 heterocycles. The van der Waals surface area contributed by atoms with E-state index in [1.54, 1.807) is 0 Å². The van der Waals surface area contributed by atoms with Crippen molar-refractivity contribution in [3.05, 3.63) is 35.9 Å². The van der Waals surface area contributed by atoms with E-state index in [4.69, 9.17) is 0 Å². The molecule has 0 spiro atoms. The van der Waals surface area contributed by atoms with E-state index in [-0.39, 0.29) is 6.10 Å². The molecule has 0 saturated heterocycles. The maximum atomic E-state index is 10.2. The van der Waals surface area contributed by atoms with Gasteiger partial charge in [-0.3, -0.25) is 0 Å². The van der Waals surface area contributed by atoms with Crippen LogP contribution in [0.1, 0.15) is 37.9 Å². The quantitative estimate of drug-likeness (QED) is 0.864. The van der Waals surface area contributed by atoms with Gasteiger partial charge in [0.15, 0.2) is 0 Å². The zero-order chi connectivity index (χ0) is 12.3. The smallest absolute Gasteiger partial charge is 0.0916 e. The molecule has 1 aromatic carbocycles. The molecule has 1 aliphatic rings. The monoisotopic (exact) mass is 233 g/mol. The molecule has 1 saturated carbocycles. The molecule has 1 fully saturated rings. The van der Waals surface area contributed by atoms with Crippen LogP contribution in [0.25, 0.3) is 0 Å². The Morgan fingerprint density at radius 3 is 2.59 bits per heavy atom. The minimum absolute atomic E-state index is 0.364. The van der Waals surface area contributed by atoms with E-state index in [2.05, 4.69) is 18.9 Å². The lowest BCUT2D eigenvalue weighted by Gasteiger charge is -2.26. The highest BCUT2D eigenvalue weighted by atomic mass is 16.3. The van der Waals surface area contributed by atoms with Crippen LogP contribution in [0.5, 0.6) is 0 Å². The first kappa shape index (κ1) is 12.6. The zero-order valence-electron chi connectivity index (χ0n) is 10.8. The first-order valence-electron chi connectivity index (χ1n) is 6.60. The normalized spacial score (nSPS) is 26.4. The van der Waals surface area contributed by atoms with Gasteiger partial charge in [-0.25, -0.2) is 0 Å². The third-order valence-corrected chi connectivity index (χ3v) is 3.94. The zero-order valence-corrected chi connectivity index (χ0v) is 10.8. The van der Waals surface area contributed by atoms with Gasteiger partial charge in [-0.2, -0.15) is 0 Å². The number of nitrogens with zero attached hydrogens (tertiary/aromatic N) is 1. The number of likely N-dealkylation sites (N-methyl/N-ethyl adjacent to an activating group) is 1. The largest absolute Gasteiger partial charge is 0.387 e. The third-order valence-electron chi connectivity index (χ3n) is 3.94. The maximum absolute atomic E-state index is 10.2. The van der Waals surface area contributed by atoms with Gasteiger partial charge in [-0.1, -0.05) is 37.3 Å². The fraction of sp³-hybridized carbons (Fsp3) is 0.600. The Balaban J connectivity index is 1.88. The Bertz CT molecular complexity index is 338. The van der Waals surface area contributed by atoms with Crippen LogP contribution >= 0.6 is 0 Å². The van der Waals surface area contributed by atoms with Gasteiger partial charge in [-0.05, 0) is 37.8 Å². The Labute approximate surface area is 104 Å². The molecule has 94 valence electrons. The first-order valence-corrected chi connectivity index (χ1v) is 6.60. The van der Waals surface area contributed by atoms with Crippen LogP contribution in [0.3, 0.4) is 0 Å². The topological polar surface area (TPSA) is 23.5 Å². The molecule has 3 unspecified atom stereocenters. The molecular formula is C15H23NO. The summed E-state index contributed by atoms with van der Waals surface area (Å²) in [6.07, 6.45) is 3.52. The van der Waals surface area contributed by atoms with Crippen molar-refractivity contribution in [1.82, 2.24) is 4.90 Å². The summed E-state index contributed by atoms with van der Waals surface area (Å²) in [6.45, 7) is 3.06. The molecule has 0 aliphatic heterocycles. The second kappa shape index (κ2) is 5.65. The van der Waals surface area contributed by atoms with Gasteiger partial charge in [0.1, 0.15) is 0 Å². The molecule has 0 bridgehead atoms. The van der Waals surface area contributed by atoms with Gasteiger partial charge in [0.05, 0.1) is 6.10 Å². The van der Waals surface area contributed by atoms with Crippen LogP contribution in [0.2, 0.25) is 0 Å². The van der Waals surface area contributed by atoms with Crippen LogP contribution in [-0.4, -0.2) is 29.6 Å². The SMILES string of the molecule is CC1CCC(N(C)CC(O)c2ccccc2)C1. The number of hydrogen-bond acceptors (Lipinski definition) is 2. The molecular weight excluding hydrogens is 210 g/mol. The molecule has 1 aliphatic carbocycles. The minimum atomic E-state index is -0.364. The highest BCUT2D eigenvalue weighted by molar-refractivity contribution is 5.17. The van der Waals surface area contributed by atoms with Crippen molar-refractivity contribution in [3.8, 4) is 0 Å². The molecule has 1 N–H and O–H groups in total. The van der Waals surface area contributed by atoms with Crippen LogP contribution in [0.4, 0.5) is 0 Å². The van der Waals surface area contributed by atoms with Gasteiger partial charge in [0.2, 0.25) is 0 Å². The van der Waals surface area contributed by atoms with E-state index < -0.39 is 0 Å². The average molecular weight is 233 g/mol. The van der Waals surface area contributed by atoms with Gasteiger partial charge in [-0.15, -0.1) is 0 Å². The lowest BCUT2D eigenvalue weighted by Crippen LogP contribution is -2.33. The molecule has 0 aromatic heterocycles. The van der Waals surface area contributed by atoms with E-state index in [0.29, 0.717) is 6.04 Å². The first-order chi connectivity index (χ1) is 8.16. The maximum Gasteiger partial charge on any atom is 0.0916 e. The highest BCUT2D eigenvalue weighted by Crippen LogP contribution is 2.29. The fourth-order valence-electron chi connectivity index (χ4n) is 2.78. The number of hydrogen-bond donors (Lipinski definition) is 1. The summed E-state index contributed by atoms with van der Waals surface area (Å²) in [5, 5.41) is 10.2. The highest BCUT2D eigenvalue weighted by Gasteiger charge is 2.25. The molecule has 17 heavy (non-hydrogen) atoms. The van der Waals surface area contributed by atoms with Gasteiger partial charge in [0, 0.05) is 12.6 Å². The Morgan fingerprint density at radius 1 is 1.29 bits per heavy atom. The molecule has 0 radical (unpaired) electrons. The number of aliphatic hydroxyl groups is 1. The summed E-state index contributed by atoms with van der Waals surface area (Å²) < 4.78 is 0. The van der Waals surface area contributed by atoms with Crippen LogP contribution < -0.4 is 0 Å². The van der Waals surface area contributed by atoms with Crippen molar-refractivity contribution in [2.75, 3.05) is 13.6 Å². The van der Waals surface area contributed by atoms with E-state index >= 15 is 0 Å². The van der Waals surface area contributed by atoms with Crippen LogP contribution in [0, 0.1) is 5.92 Å². The average Bonchev–Trinajstić information content (AvgIpc) is 2.77. The Hall–Kier alpha value is -0.860. The van der Waals surface area contributed by atoms with Gasteiger partial charge < -0.3 is 10.0 Å². The standard InChI is InChI=1S/C15H23NO/c1-12-8-9-14(10-12)16(2)11-15(17)13-6-4-3-5-7-13/h3-7,12,14-15,17H,8-11H2,1-2H3. The number of aliphatic hydroxyl groups excluding tert-OH is 1.